The van der Waals surface area contributed by atoms with Crippen LogP contribution in [0.25, 0.3) is 0 Å². The number of amides is 1. The molecule has 1 saturated heterocycles. The number of rotatable bonds is 4. The predicted octanol–water partition coefficient (Wildman–Crippen LogP) is 0.0525. The summed E-state index contributed by atoms with van der Waals surface area (Å²) < 4.78 is 4.73. The first kappa shape index (κ1) is 13.4. The molecule has 0 radical (unpaired) electrons. The topological polar surface area (TPSA) is 84.4 Å². The Morgan fingerprint density at radius 3 is 2.89 bits per heavy atom. The van der Waals surface area contributed by atoms with Gasteiger partial charge >= 0.3 is 5.97 Å². The molecule has 0 spiro atoms. The summed E-state index contributed by atoms with van der Waals surface area (Å²) in [4.78, 5) is 33.0. The van der Waals surface area contributed by atoms with Crippen LogP contribution in [0.2, 0.25) is 0 Å². The lowest BCUT2D eigenvalue weighted by molar-refractivity contribution is -0.146. The van der Waals surface area contributed by atoms with Crippen LogP contribution in [0.1, 0.15) is 12.8 Å². The number of esters is 1. The van der Waals surface area contributed by atoms with E-state index in [9.17, 15) is 9.59 Å². The summed E-state index contributed by atoms with van der Waals surface area (Å²) >= 11 is 0. The van der Waals surface area contributed by atoms with Crippen LogP contribution >= 0.6 is 0 Å². The minimum Gasteiger partial charge on any atom is -0.468 e. The Morgan fingerprint density at radius 2 is 2.21 bits per heavy atom. The molecular weight excluding hydrogens is 248 g/mol. The number of hydrogen-bond donors (Lipinski definition) is 1. The minimum atomic E-state index is -0.326. The van der Waals surface area contributed by atoms with Gasteiger partial charge in [0.15, 0.2) is 0 Å². The number of carbonyl (C=O) groups is 2. The average molecular weight is 264 g/mol. The molecule has 19 heavy (non-hydrogen) atoms. The zero-order valence-corrected chi connectivity index (χ0v) is 10.7. The molecule has 1 atom stereocenters. The second-order valence-electron chi connectivity index (χ2n) is 4.27. The molecule has 102 valence electrons. The van der Waals surface area contributed by atoms with E-state index >= 15 is 0 Å². The second-order valence-corrected chi connectivity index (χ2v) is 4.27. The van der Waals surface area contributed by atoms with Gasteiger partial charge in [-0.05, 0) is 25.5 Å². The maximum Gasteiger partial charge on any atom is 0.323 e. The van der Waals surface area contributed by atoms with Crippen LogP contribution in [-0.4, -0.2) is 53.0 Å². The van der Waals surface area contributed by atoms with Crippen LogP contribution in [0.5, 0.6) is 0 Å². The van der Waals surface area contributed by atoms with E-state index in [1.165, 1.54) is 7.11 Å². The molecule has 7 nitrogen and oxygen atoms in total. The summed E-state index contributed by atoms with van der Waals surface area (Å²) in [6.45, 7) is 0.848. The highest BCUT2D eigenvalue weighted by Crippen LogP contribution is 2.17. The summed E-state index contributed by atoms with van der Waals surface area (Å²) in [6.07, 6.45) is 4.71. The third kappa shape index (κ3) is 3.47. The Balaban J connectivity index is 1.90. The Morgan fingerprint density at radius 1 is 1.47 bits per heavy atom. The number of aromatic nitrogens is 2. The van der Waals surface area contributed by atoms with Gasteiger partial charge in [0, 0.05) is 12.4 Å². The lowest BCUT2D eigenvalue weighted by Gasteiger charge is -2.21. The lowest BCUT2D eigenvalue weighted by atomic mass is 10.2. The Labute approximate surface area is 111 Å². The number of nitrogens with one attached hydrogen (secondary N) is 1. The number of nitrogens with zero attached hydrogens (tertiary/aromatic N) is 3. The molecule has 0 aliphatic carbocycles. The van der Waals surface area contributed by atoms with Crippen molar-refractivity contribution >= 4 is 17.8 Å². The molecule has 7 heteroatoms. The van der Waals surface area contributed by atoms with Gasteiger partial charge in [-0.15, -0.1) is 0 Å². The van der Waals surface area contributed by atoms with Crippen molar-refractivity contribution in [3.05, 3.63) is 18.5 Å². The van der Waals surface area contributed by atoms with Crippen molar-refractivity contribution in [2.75, 3.05) is 25.5 Å². The number of ether oxygens (including phenoxy) is 1. The van der Waals surface area contributed by atoms with Crippen LogP contribution in [-0.2, 0) is 14.3 Å². The first-order chi connectivity index (χ1) is 9.20. The van der Waals surface area contributed by atoms with Gasteiger partial charge in [0.05, 0.1) is 13.7 Å². The first-order valence-electron chi connectivity index (χ1n) is 6.09. The number of anilines is 1. The van der Waals surface area contributed by atoms with Crippen molar-refractivity contribution in [2.45, 2.75) is 18.9 Å². The molecule has 1 aromatic heterocycles. The molecular formula is C12H16N4O3. The highest BCUT2D eigenvalue weighted by Gasteiger charge is 2.32. The van der Waals surface area contributed by atoms with Crippen molar-refractivity contribution in [2.24, 2.45) is 0 Å². The zero-order valence-electron chi connectivity index (χ0n) is 10.7. The fraction of sp³-hybridized carbons (Fsp3) is 0.500. The second kappa shape index (κ2) is 6.24. The standard InChI is InChI=1S/C12H16N4O3/c1-19-11(18)9-4-2-7-16(9)8-10(17)15-12-13-5-3-6-14-12/h3,5-6,9H,2,4,7-8H2,1H3,(H,13,14,15,17). The first-order valence-corrected chi connectivity index (χ1v) is 6.09. The van der Waals surface area contributed by atoms with Gasteiger partial charge < -0.3 is 4.74 Å². The Kier molecular flexibility index (Phi) is 4.40. The largest absolute Gasteiger partial charge is 0.468 e. The monoisotopic (exact) mass is 264 g/mol. The van der Waals surface area contributed by atoms with Gasteiger partial charge in [-0.1, -0.05) is 0 Å². The van der Waals surface area contributed by atoms with Gasteiger partial charge in [0.2, 0.25) is 11.9 Å². The van der Waals surface area contributed by atoms with Gasteiger partial charge in [-0.25, -0.2) is 9.97 Å². The number of hydrogen-bond acceptors (Lipinski definition) is 6. The Hall–Kier alpha value is -2.02. The van der Waals surface area contributed by atoms with E-state index in [0.717, 1.165) is 12.8 Å². The SMILES string of the molecule is COC(=O)C1CCCN1CC(=O)Nc1ncccn1. The van der Waals surface area contributed by atoms with Crippen LogP contribution < -0.4 is 5.32 Å². The van der Waals surface area contributed by atoms with E-state index in [4.69, 9.17) is 4.74 Å². The summed E-state index contributed by atoms with van der Waals surface area (Å²) in [7, 11) is 1.36. The van der Waals surface area contributed by atoms with Crippen molar-refractivity contribution in [3.8, 4) is 0 Å². The molecule has 1 N–H and O–H groups in total. The molecule has 0 bridgehead atoms. The van der Waals surface area contributed by atoms with E-state index in [1.54, 1.807) is 18.5 Å². The molecule has 1 fully saturated rings. The molecule has 1 aromatic rings. The smallest absolute Gasteiger partial charge is 0.323 e. The molecule has 1 aliphatic rings. The Bertz CT molecular complexity index is 452. The molecule has 1 unspecified atom stereocenters. The number of methoxy groups -OCH3 is 1. The van der Waals surface area contributed by atoms with Gasteiger partial charge in [-0.2, -0.15) is 0 Å². The van der Waals surface area contributed by atoms with Crippen LogP contribution in [0.15, 0.2) is 18.5 Å². The van der Waals surface area contributed by atoms with E-state index in [-0.39, 0.29) is 30.4 Å². The normalized spacial score (nSPS) is 19.1. The summed E-state index contributed by atoms with van der Waals surface area (Å²) in [6, 6.07) is 1.34. The van der Waals surface area contributed by atoms with Crippen LogP contribution in [0.4, 0.5) is 5.95 Å². The van der Waals surface area contributed by atoms with Crippen molar-refractivity contribution < 1.29 is 14.3 Å². The maximum atomic E-state index is 11.8. The van der Waals surface area contributed by atoms with Gasteiger partial charge in [0.25, 0.3) is 0 Å². The van der Waals surface area contributed by atoms with Crippen molar-refractivity contribution in [1.82, 2.24) is 14.9 Å². The zero-order chi connectivity index (χ0) is 13.7. The van der Waals surface area contributed by atoms with Crippen molar-refractivity contribution in [1.29, 1.82) is 0 Å². The molecule has 2 rings (SSSR count). The quantitative estimate of drug-likeness (QED) is 0.774. The van der Waals surface area contributed by atoms with E-state index < -0.39 is 0 Å². The molecule has 2 heterocycles. The highest BCUT2D eigenvalue weighted by molar-refractivity contribution is 5.91. The van der Waals surface area contributed by atoms with E-state index in [2.05, 4.69) is 15.3 Å². The summed E-state index contributed by atoms with van der Waals surface area (Å²) in [5.41, 5.74) is 0. The third-order valence-corrected chi connectivity index (χ3v) is 3.00. The summed E-state index contributed by atoms with van der Waals surface area (Å²) in [5, 5.41) is 2.59. The van der Waals surface area contributed by atoms with Crippen LogP contribution in [0.3, 0.4) is 0 Å². The van der Waals surface area contributed by atoms with Gasteiger partial charge in [0.1, 0.15) is 6.04 Å². The molecule has 0 aromatic carbocycles. The highest BCUT2D eigenvalue weighted by atomic mass is 16.5. The fourth-order valence-corrected chi connectivity index (χ4v) is 2.13. The number of carbonyl (C=O) groups excluding carboxylic acids is 2. The van der Waals surface area contributed by atoms with E-state index in [0.29, 0.717) is 6.54 Å². The molecule has 1 amide bonds. The predicted molar refractivity (Wildman–Crippen MR) is 67.3 cm³/mol. The molecule has 1 aliphatic heterocycles. The van der Waals surface area contributed by atoms with Crippen molar-refractivity contribution in [3.63, 3.8) is 0 Å². The average Bonchev–Trinajstić information content (AvgIpc) is 2.87. The summed E-state index contributed by atoms with van der Waals surface area (Å²) in [5.74, 6) is -0.260. The number of likely N-dealkylation sites (tertiary alicyclic amines) is 1. The van der Waals surface area contributed by atoms with Crippen LogP contribution in [0, 0.1) is 0 Å². The maximum absolute atomic E-state index is 11.8. The molecule has 0 saturated carbocycles. The fourth-order valence-electron chi connectivity index (χ4n) is 2.13. The van der Waals surface area contributed by atoms with Gasteiger partial charge in [-0.3, -0.25) is 19.8 Å². The van der Waals surface area contributed by atoms with E-state index in [1.807, 2.05) is 4.90 Å². The lowest BCUT2D eigenvalue weighted by Crippen LogP contribution is -2.41. The minimum absolute atomic E-state index is 0.137. The third-order valence-electron chi connectivity index (χ3n) is 3.00.